The van der Waals surface area contributed by atoms with Crippen LogP contribution in [0.2, 0.25) is 0 Å². The molecule has 2 aromatic heterocycles. The highest BCUT2D eigenvalue weighted by atomic mass is 19.4. The number of alkyl halides is 6. The molecule has 0 bridgehead atoms. The van der Waals surface area contributed by atoms with Gasteiger partial charge < -0.3 is 9.13 Å². The number of hydrogen-bond acceptors (Lipinski definition) is 5. The van der Waals surface area contributed by atoms with Crippen molar-refractivity contribution >= 4 is 43.6 Å². The van der Waals surface area contributed by atoms with E-state index >= 15 is 26.3 Å². The van der Waals surface area contributed by atoms with Crippen molar-refractivity contribution in [3.05, 3.63) is 142 Å². The molecule has 0 aliphatic heterocycles. The summed E-state index contributed by atoms with van der Waals surface area (Å²) in [6.07, 6.45) is -10.6. The minimum absolute atomic E-state index is 0.124. The average Bonchev–Trinajstić information content (AvgIpc) is 3.69. The van der Waals surface area contributed by atoms with Gasteiger partial charge in [0, 0.05) is 32.7 Å². The number of benzene rings is 6. The lowest BCUT2D eigenvalue weighted by molar-refractivity contribution is -0.142. The number of rotatable bonds is 3. The maximum absolute atomic E-state index is 15.0. The number of nitriles is 5. The summed E-state index contributed by atoms with van der Waals surface area (Å²) in [6.45, 7) is 0. The van der Waals surface area contributed by atoms with Gasteiger partial charge in [-0.05, 0) is 72.8 Å². The van der Waals surface area contributed by atoms with E-state index in [2.05, 4.69) is 6.07 Å². The van der Waals surface area contributed by atoms with Crippen LogP contribution in [-0.4, -0.2) is 9.13 Å². The molecule has 8 aromatic rings. The molecular formula is C43H17F6N7. The van der Waals surface area contributed by atoms with Crippen molar-refractivity contribution in [2.75, 3.05) is 0 Å². The predicted molar refractivity (Wildman–Crippen MR) is 194 cm³/mol. The molecule has 0 fully saturated rings. The zero-order chi connectivity index (χ0) is 39.7. The van der Waals surface area contributed by atoms with E-state index in [-0.39, 0.29) is 50.2 Å². The van der Waals surface area contributed by atoms with Gasteiger partial charge in [0.25, 0.3) is 0 Å². The summed E-state index contributed by atoms with van der Waals surface area (Å²) >= 11 is 0. The number of aromatic nitrogens is 2. The Balaban J connectivity index is 1.65. The van der Waals surface area contributed by atoms with Crippen LogP contribution in [0.4, 0.5) is 26.3 Å². The van der Waals surface area contributed by atoms with Gasteiger partial charge in [-0.2, -0.15) is 52.7 Å². The van der Waals surface area contributed by atoms with Crippen LogP contribution in [0.1, 0.15) is 38.9 Å². The van der Waals surface area contributed by atoms with Crippen molar-refractivity contribution in [3.8, 4) is 52.8 Å². The topological polar surface area (TPSA) is 129 Å². The van der Waals surface area contributed by atoms with Crippen LogP contribution in [0.3, 0.4) is 0 Å². The van der Waals surface area contributed by atoms with Crippen LogP contribution < -0.4 is 0 Å². The summed E-state index contributed by atoms with van der Waals surface area (Å²) in [6, 6.07) is 32.4. The van der Waals surface area contributed by atoms with Gasteiger partial charge in [-0.1, -0.05) is 30.3 Å². The first-order valence-corrected chi connectivity index (χ1v) is 16.4. The van der Waals surface area contributed by atoms with Gasteiger partial charge in [-0.15, -0.1) is 0 Å². The Labute approximate surface area is 312 Å². The summed E-state index contributed by atoms with van der Waals surface area (Å²) in [5, 5.41) is 52.0. The first-order chi connectivity index (χ1) is 26.8. The molecule has 7 nitrogen and oxygen atoms in total. The van der Waals surface area contributed by atoms with E-state index in [1.807, 2.05) is 24.3 Å². The van der Waals surface area contributed by atoms with Gasteiger partial charge in [0.2, 0.25) is 0 Å². The molecule has 8 rings (SSSR count). The number of hydrogen-bond donors (Lipinski definition) is 0. The summed E-state index contributed by atoms with van der Waals surface area (Å²) in [4.78, 5) is 0. The molecule has 0 saturated carbocycles. The molecule has 0 amide bonds. The number of halogens is 6. The monoisotopic (exact) mass is 745 g/mol. The van der Waals surface area contributed by atoms with Gasteiger partial charge in [-0.25, -0.2) is 0 Å². The minimum Gasteiger partial charge on any atom is -0.308 e. The summed E-state index contributed by atoms with van der Waals surface area (Å²) < 4.78 is 92.9. The van der Waals surface area contributed by atoms with Crippen LogP contribution in [0.15, 0.2) is 103 Å². The SMILES string of the molecule is N#Cc1ccc2c3ccc(C#N)cc3n(-c3cc(-c4c(C(F)(F)F)cccc4C(F)(F)F)c(-n4c5cc(C#N)ccc5c5ccc(C#N)cc54)cc3C#N)c2c1. The molecule has 0 unspecified atom stereocenters. The molecule has 0 radical (unpaired) electrons. The highest BCUT2D eigenvalue weighted by molar-refractivity contribution is 6.12. The van der Waals surface area contributed by atoms with Crippen molar-refractivity contribution in [2.24, 2.45) is 0 Å². The van der Waals surface area contributed by atoms with Crippen molar-refractivity contribution in [1.82, 2.24) is 9.13 Å². The Bertz CT molecular complexity index is 3060. The normalized spacial score (nSPS) is 11.7. The standard InChI is InChI=1S/C43H17F6N7/c44-42(45,46)33-2-1-3-34(43(47,48)49)41(33)32-17-35(55-36-12-23(18-50)4-8-28(36)29-9-5-24(19-51)13-37(29)55)27(22-54)16-40(32)56-38-14-25(20-52)6-10-30(38)31-11-7-26(21-53)15-39(31)56/h1-17H. The van der Waals surface area contributed by atoms with Crippen LogP contribution in [0.25, 0.3) is 66.1 Å². The Hall–Kier alpha value is -8.05. The highest BCUT2D eigenvalue weighted by Gasteiger charge is 2.42. The van der Waals surface area contributed by atoms with E-state index in [4.69, 9.17) is 0 Å². The highest BCUT2D eigenvalue weighted by Crippen LogP contribution is 2.49. The van der Waals surface area contributed by atoms with Crippen LogP contribution in [-0.2, 0) is 12.4 Å². The van der Waals surface area contributed by atoms with E-state index in [0.29, 0.717) is 50.8 Å². The molecule has 56 heavy (non-hydrogen) atoms. The lowest BCUT2D eigenvalue weighted by Gasteiger charge is -2.24. The van der Waals surface area contributed by atoms with Gasteiger partial charge >= 0.3 is 12.4 Å². The van der Waals surface area contributed by atoms with Gasteiger partial charge in [0.1, 0.15) is 6.07 Å². The third-order valence-electron chi connectivity index (χ3n) is 9.71. The first-order valence-electron chi connectivity index (χ1n) is 16.4. The van der Waals surface area contributed by atoms with E-state index in [0.717, 1.165) is 6.07 Å². The molecule has 6 aromatic carbocycles. The van der Waals surface area contributed by atoms with Crippen molar-refractivity contribution in [3.63, 3.8) is 0 Å². The Kier molecular flexibility index (Phi) is 7.83. The Morgan fingerprint density at radius 1 is 0.411 bits per heavy atom. The molecule has 0 aliphatic rings. The molecule has 0 atom stereocenters. The molecule has 0 spiro atoms. The zero-order valence-electron chi connectivity index (χ0n) is 28.2. The maximum Gasteiger partial charge on any atom is 0.417 e. The van der Waals surface area contributed by atoms with Crippen LogP contribution in [0.5, 0.6) is 0 Å². The van der Waals surface area contributed by atoms with Crippen molar-refractivity contribution in [1.29, 1.82) is 26.3 Å². The third-order valence-corrected chi connectivity index (χ3v) is 9.71. The van der Waals surface area contributed by atoms with E-state index in [1.165, 1.54) is 63.7 Å². The average molecular weight is 746 g/mol. The molecular weight excluding hydrogens is 729 g/mol. The minimum atomic E-state index is -5.30. The van der Waals surface area contributed by atoms with Crippen LogP contribution >= 0.6 is 0 Å². The fraction of sp³-hybridized carbons (Fsp3) is 0.0465. The largest absolute Gasteiger partial charge is 0.417 e. The fourth-order valence-electron chi connectivity index (χ4n) is 7.39. The molecule has 0 saturated heterocycles. The van der Waals surface area contributed by atoms with E-state index in [1.54, 1.807) is 24.3 Å². The molecule has 0 aliphatic carbocycles. The van der Waals surface area contributed by atoms with E-state index < -0.39 is 34.6 Å². The summed E-state index contributed by atoms with van der Waals surface area (Å²) in [5.41, 5.74) is -4.08. The molecule has 0 N–H and O–H groups in total. The van der Waals surface area contributed by atoms with Crippen molar-refractivity contribution < 1.29 is 26.3 Å². The Morgan fingerprint density at radius 3 is 1.09 bits per heavy atom. The quantitative estimate of drug-likeness (QED) is 0.166. The number of fused-ring (bicyclic) bond motifs is 6. The van der Waals surface area contributed by atoms with Crippen LogP contribution in [0, 0.1) is 56.7 Å². The van der Waals surface area contributed by atoms with Gasteiger partial charge in [-0.3, -0.25) is 0 Å². The molecule has 13 heteroatoms. The summed E-state index contributed by atoms with van der Waals surface area (Å²) in [5.74, 6) is 0. The van der Waals surface area contributed by atoms with Gasteiger partial charge in [0.15, 0.2) is 0 Å². The Morgan fingerprint density at radius 2 is 0.768 bits per heavy atom. The maximum atomic E-state index is 15.0. The molecule has 266 valence electrons. The second-order valence-electron chi connectivity index (χ2n) is 12.8. The second-order valence-corrected chi connectivity index (χ2v) is 12.8. The number of nitrogens with zero attached hydrogens (tertiary/aromatic N) is 7. The molecule has 2 heterocycles. The first kappa shape index (κ1) is 35.0. The second kappa shape index (κ2) is 12.5. The predicted octanol–water partition coefficient (Wildman–Crippen LogP) is 10.9. The zero-order valence-corrected chi connectivity index (χ0v) is 28.2. The summed E-state index contributed by atoms with van der Waals surface area (Å²) in [7, 11) is 0. The smallest absolute Gasteiger partial charge is 0.308 e. The van der Waals surface area contributed by atoms with Gasteiger partial charge in [0.05, 0.1) is 96.7 Å². The van der Waals surface area contributed by atoms with E-state index in [9.17, 15) is 26.3 Å². The fourth-order valence-corrected chi connectivity index (χ4v) is 7.39. The lowest BCUT2D eigenvalue weighted by Crippen LogP contribution is -2.15. The van der Waals surface area contributed by atoms with Crippen molar-refractivity contribution in [2.45, 2.75) is 12.4 Å². The lowest BCUT2D eigenvalue weighted by atomic mass is 9.90. The third kappa shape index (κ3) is 5.33.